The standard InChI is InChI=1S/C20H23N3O5S/c1-13-2-7-17-14(10-13)11-18(29-17)20(25)28-12-19(24)22-9-8-21-15-3-5-16(6-4-15)23(26)27/h3-6,11,13,21H,2,7-10,12H2,1H3,(H,22,24)/t13-/m1/s1. The molecule has 1 aliphatic rings. The number of esters is 1. The number of nitro groups is 1. The summed E-state index contributed by atoms with van der Waals surface area (Å²) in [5.41, 5.74) is 1.96. The molecule has 2 aromatic rings. The minimum atomic E-state index is -0.462. The lowest BCUT2D eigenvalue weighted by Crippen LogP contribution is -2.32. The van der Waals surface area contributed by atoms with Crippen molar-refractivity contribution < 1.29 is 19.2 Å². The van der Waals surface area contributed by atoms with Crippen molar-refractivity contribution in [2.24, 2.45) is 5.92 Å². The fraction of sp³-hybridized carbons (Fsp3) is 0.400. The minimum Gasteiger partial charge on any atom is -0.451 e. The van der Waals surface area contributed by atoms with Gasteiger partial charge in [-0.1, -0.05) is 6.92 Å². The van der Waals surface area contributed by atoms with Crippen LogP contribution in [0, 0.1) is 16.0 Å². The van der Waals surface area contributed by atoms with Crippen molar-refractivity contribution in [3.05, 3.63) is 55.8 Å². The molecular formula is C20H23N3O5S. The predicted molar refractivity (Wildman–Crippen MR) is 110 cm³/mol. The van der Waals surface area contributed by atoms with E-state index in [1.54, 1.807) is 12.1 Å². The second-order valence-electron chi connectivity index (χ2n) is 7.06. The van der Waals surface area contributed by atoms with E-state index in [1.807, 2.05) is 6.07 Å². The summed E-state index contributed by atoms with van der Waals surface area (Å²) in [6.45, 7) is 2.65. The number of fused-ring (bicyclic) bond motifs is 1. The highest BCUT2D eigenvalue weighted by Gasteiger charge is 2.21. The van der Waals surface area contributed by atoms with Crippen LogP contribution in [-0.4, -0.2) is 36.5 Å². The molecule has 3 rings (SSSR count). The van der Waals surface area contributed by atoms with Gasteiger partial charge >= 0.3 is 5.97 Å². The highest BCUT2D eigenvalue weighted by Crippen LogP contribution is 2.32. The first kappa shape index (κ1) is 20.8. The van der Waals surface area contributed by atoms with Gasteiger partial charge in [-0.2, -0.15) is 0 Å². The normalized spacial score (nSPS) is 15.3. The Balaban J connectivity index is 1.35. The highest BCUT2D eigenvalue weighted by molar-refractivity contribution is 7.14. The lowest BCUT2D eigenvalue weighted by atomic mass is 9.90. The Hall–Kier alpha value is -2.94. The fourth-order valence-corrected chi connectivity index (χ4v) is 4.27. The van der Waals surface area contributed by atoms with Gasteiger partial charge in [0.1, 0.15) is 4.88 Å². The molecule has 0 saturated heterocycles. The lowest BCUT2D eigenvalue weighted by molar-refractivity contribution is -0.384. The van der Waals surface area contributed by atoms with Crippen molar-refractivity contribution in [1.29, 1.82) is 0 Å². The van der Waals surface area contributed by atoms with E-state index < -0.39 is 10.9 Å². The zero-order chi connectivity index (χ0) is 20.8. The first-order chi connectivity index (χ1) is 13.9. The summed E-state index contributed by atoms with van der Waals surface area (Å²) < 4.78 is 5.12. The number of nitrogens with zero attached hydrogens (tertiary/aromatic N) is 1. The largest absolute Gasteiger partial charge is 0.451 e. The molecule has 154 valence electrons. The van der Waals surface area contributed by atoms with E-state index in [9.17, 15) is 19.7 Å². The highest BCUT2D eigenvalue weighted by atomic mass is 32.1. The number of hydrogen-bond donors (Lipinski definition) is 2. The number of non-ortho nitro benzene ring substituents is 1. The summed E-state index contributed by atoms with van der Waals surface area (Å²) in [5.74, 6) is -0.207. The maximum atomic E-state index is 12.2. The Morgan fingerprint density at radius 2 is 2.03 bits per heavy atom. The number of amides is 1. The van der Waals surface area contributed by atoms with Crippen molar-refractivity contribution in [1.82, 2.24) is 5.32 Å². The van der Waals surface area contributed by atoms with Crippen LogP contribution in [0.3, 0.4) is 0 Å². The number of benzene rings is 1. The predicted octanol–water partition coefficient (Wildman–Crippen LogP) is 3.17. The van der Waals surface area contributed by atoms with Gasteiger partial charge in [-0.3, -0.25) is 14.9 Å². The van der Waals surface area contributed by atoms with Gasteiger partial charge < -0.3 is 15.4 Å². The molecule has 1 aromatic heterocycles. The third kappa shape index (κ3) is 5.77. The van der Waals surface area contributed by atoms with Crippen LogP contribution in [0.4, 0.5) is 11.4 Å². The van der Waals surface area contributed by atoms with Crippen molar-refractivity contribution in [3.8, 4) is 0 Å². The molecule has 0 aliphatic heterocycles. The van der Waals surface area contributed by atoms with E-state index in [1.165, 1.54) is 33.9 Å². The number of ether oxygens (including phenoxy) is 1. The van der Waals surface area contributed by atoms with E-state index in [4.69, 9.17) is 4.74 Å². The quantitative estimate of drug-likeness (QED) is 0.295. The van der Waals surface area contributed by atoms with Crippen LogP contribution in [0.5, 0.6) is 0 Å². The Labute approximate surface area is 172 Å². The Kier molecular flexibility index (Phi) is 6.82. The lowest BCUT2D eigenvalue weighted by Gasteiger charge is -2.16. The Morgan fingerprint density at radius 3 is 2.76 bits per heavy atom. The van der Waals surface area contributed by atoms with Gasteiger partial charge in [-0.25, -0.2) is 4.79 Å². The molecule has 0 radical (unpaired) electrons. The molecule has 29 heavy (non-hydrogen) atoms. The van der Waals surface area contributed by atoms with E-state index in [0.29, 0.717) is 29.6 Å². The van der Waals surface area contributed by atoms with Crippen LogP contribution < -0.4 is 10.6 Å². The van der Waals surface area contributed by atoms with Crippen LogP contribution in [0.2, 0.25) is 0 Å². The molecule has 0 bridgehead atoms. The third-order valence-electron chi connectivity index (χ3n) is 4.72. The zero-order valence-corrected chi connectivity index (χ0v) is 16.9. The molecule has 0 unspecified atom stereocenters. The van der Waals surface area contributed by atoms with Crippen molar-refractivity contribution >= 4 is 34.6 Å². The van der Waals surface area contributed by atoms with Crippen molar-refractivity contribution in [3.63, 3.8) is 0 Å². The molecule has 0 saturated carbocycles. The number of hydrogen-bond acceptors (Lipinski definition) is 7. The smallest absolute Gasteiger partial charge is 0.348 e. The number of carbonyl (C=O) groups excluding carboxylic acids is 2. The second kappa shape index (κ2) is 9.51. The Morgan fingerprint density at radius 1 is 1.28 bits per heavy atom. The zero-order valence-electron chi connectivity index (χ0n) is 16.1. The fourth-order valence-electron chi connectivity index (χ4n) is 3.17. The van der Waals surface area contributed by atoms with Crippen LogP contribution in [0.1, 0.15) is 33.5 Å². The summed E-state index contributed by atoms with van der Waals surface area (Å²) in [4.78, 5) is 36.0. The van der Waals surface area contributed by atoms with Gasteiger partial charge in [-0.05, 0) is 48.9 Å². The van der Waals surface area contributed by atoms with Crippen LogP contribution >= 0.6 is 11.3 Å². The van der Waals surface area contributed by atoms with Gasteiger partial charge in [0.2, 0.25) is 0 Å². The van der Waals surface area contributed by atoms with Crippen LogP contribution in [-0.2, 0) is 22.4 Å². The van der Waals surface area contributed by atoms with Crippen molar-refractivity contribution in [2.75, 3.05) is 25.0 Å². The molecule has 9 heteroatoms. The molecule has 1 atom stereocenters. The molecule has 1 aromatic carbocycles. The van der Waals surface area contributed by atoms with E-state index in [0.717, 1.165) is 19.3 Å². The summed E-state index contributed by atoms with van der Waals surface area (Å²) in [6, 6.07) is 7.91. The number of anilines is 1. The van der Waals surface area contributed by atoms with Crippen LogP contribution in [0.15, 0.2) is 30.3 Å². The molecule has 1 heterocycles. The van der Waals surface area contributed by atoms with Gasteiger partial charge in [0.15, 0.2) is 6.61 Å². The summed E-state index contributed by atoms with van der Waals surface area (Å²) in [7, 11) is 0. The molecule has 1 amide bonds. The molecular weight excluding hydrogens is 394 g/mol. The Bertz CT molecular complexity index is 894. The number of rotatable bonds is 8. The van der Waals surface area contributed by atoms with Gasteiger partial charge in [0.25, 0.3) is 11.6 Å². The SMILES string of the molecule is C[C@@H]1CCc2sc(C(=O)OCC(=O)NCCNc3ccc([N+](=O)[O-])cc3)cc2C1. The minimum absolute atomic E-state index is 0.0202. The third-order valence-corrected chi connectivity index (χ3v) is 5.94. The monoisotopic (exact) mass is 417 g/mol. The first-order valence-electron chi connectivity index (χ1n) is 9.46. The van der Waals surface area contributed by atoms with Gasteiger partial charge in [-0.15, -0.1) is 11.3 Å². The molecule has 8 nitrogen and oxygen atoms in total. The average Bonchev–Trinajstić information content (AvgIpc) is 3.13. The molecule has 1 aliphatic carbocycles. The topological polar surface area (TPSA) is 111 Å². The number of nitrogens with one attached hydrogen (secondary N) is 2. The number of thiophene rings is 1. The number of nitro benzene ring substituents is 1. The first-order valence-corrected chi connectivity index (χ1v) is 10.3. The molecule has 0 fully saturated rings. The summed E-state index contributed by atoms with van der Waals surface area (Å²) >= 11 is 1.46. The van der Waals surface area contributed by atoms with E-state index in [-0.39, 0.29) is 18.2 Å². The summed E-state index contributed by atoms with van der Waals surface area (Å²) in [6.07, 6.45) is 3.12. The van der Waals surface area contributed by atoms with E-state index >= 15 is 0 Å². The van der Waals surface area contributed by atoms with E-state index in [2.05, 4.69) is 17.6 Å². The van der Waals surface area contributed by atoms with Gasteiger partial charge in [0.05, 0.1) is 4.92 Å². The second-order valence-corrected chi connectivity index (χ2v) is 8.20. The maximum absolute atomic E-state index is 12.2. The van der Waals surface area contributed by atoms with Crippen molar-refractivity contribution in [2.45, 2.75) is 26.2 Å². The maximum Gasteiger partial charge on any atom is 0.348 e. The number of aryl methyl sites for hydroxylation is 1. The summed E-state index contributed by atoms with van der Waals surface area (Å²) in [5, 5.41) is 16.3. The number of carbonyl (C=O) groups is 2. The van der Waals surface area contributed by atoms with Gasteiger partial charge in [0, 0.05) is 35.8 Å². The average molecular weight is 417 g/mol. The van der Waals surface area contributed by atoms with Crippen LogP contribution in [0.25, 0.3) is 0 Å². The molecule has 2 N–H and O–H groups in total. The molecule has 0 spiro atoms.